The standard InChI is InChI=1S/C17H17FN2O3/c1-22-16-7-6-11(10-13(16)18)19-17(21)20-14-8-9-23-15-5-3-2-4-12(14)15/h2-7,10,14H,8-9H2,1H3,(H2,19,20,21)/t14-/m1/s1. The smallest absolute Gasteiger partial charge is 0.319 e. The van der Waals surface area contributed by atoms with Gasteiger partial charge < -0.3 is 20.1 Å². The Morgan fingerprint density at radius 3 is 2.91 bits per heavy atom. The summed E-state index contributed by atoms with van der Waals surface area (Å²) in [6.07, 6.45) is 0.682. The van der Waals surface area contributed by atoms with E-state index >= 15 is 0 Å². The number of carbonyl (C=O) groups is 1. The molecule has 0 aromatic heterocycles. The Bertz CT molecular complexity index is 721. The Labute approximate surface area is 133 Å². The van der Waals surface area contributed by atoms with Crippen LogP contribution in [0.2, 0.25) is 0 Å². The number of anilines is 1. The van der Waals surface area contributed by atoms with E-state index in [-0.39, 0.29) is 11.8 Å². The van der Waals surface area contributed by atoms with E-state index in [0.29, 0.717) is 18.7 Å². The molecule has 1 aliphatic heterocycles. The van der Waals surface area contributed by atoms with Gasteiger partial charge in [0.15, 0.2) is 11.6 Å². The van der Waals surface area contributed by atoms with Gasteiger partial charge in [0, 0.05) is 23.7 Å². The number of amides is 2. The van der Waals surface area contributed by atoms with Crippen molar-refractivity contribution in [2.45, 2.75) is 12.5 Å². The third kappa shape index (κ3) is 3.36. The Kier molecular flexibility index (Phi) is 4.32. The molecule has 5 nitrogen and oxygen atoms in total. The SMILES string of the molecule is COc1ccc(NC(=O)N[C@@H]2CCOc3ccccc32)cc1F. The number of hydrogen-bond acceptors (Lipinski definition) is 3. The number of nitrogens with one attached hydrogen (secondary N) is 2. The van der Waals surface area contributed by atoms with Crippen LogP contribution < -0.4 is 20.1 Å². The second-order valence-corrected chi connectivity index (χ2v) is 5.18. The van der Waals surface area contributed by atoms with Crippen LogP contribution in [0.1, 0.15) is 18.0 Å². The molecule has 1 aliphatic rings. The molecule has 0 aliphatic carbocycles. The molecule has 6 heteroatoms. The van der Waals surface area contributed by atoms with Crippen molar-refractivity contribution in [3.63, 3.8) is 0 Å². The van der Waals surface area contributed by atoms with E-state index in [1.54, 1.807) is 6.07 Å². The van der Waals surface area contributed by atoms with Crippen molar-refractivity contribution >= 4 is 11.7 Å². The summed E-state index contributed by atoms with van der Waals surface area (Å²) in [5, 5.41) is 5.51. The largest absolute Gasteiger partial charge is 0.494 e. The predicted octanol–water partition coefficient (Wildman–Crippen LogP) is 3.48. The molecule has 0 saturated carbocycles. The van der Waals surface area contributed by atoms with Gasteiger partial charge in [-0.2, -0.15) is 0 Å². The molecule has 2 amide bonds. The highest BCUT2D eigenvalue weighted by molar-refractivity contribution is 5.89. The topological polar surface area (TPSA) is 59.6 Å². The average Bonchev–Trinajstić information content (AvgIpc) is 2.55. The number of para-hydroxylation sites is 1. The summed E-state index contributed by atoms with van der Waals surface area (Å²) >= 11 is 0. The van der Waals surface area contributed by atoms with Crippen molar-refractivity contribution in [3.05, 3.63) is 53.8 Å². The molecule has 0 bridgehead atoms. The van der Waals surface area contributed by atoms with Crippen molar-refractivity contribution in [1.29, 1.82) is 0 Å². The van der Waals surface area contributed by atoms with E-state index in [9.17, 15) is 9.18 Å². The number of halogens is 1. The van der Waals surface area contributed by atoms with Gasteiger partial charge in [-0.3, -0.25) is 0 Å². The fourth-order valence-electron chi connectivity index (χ4n) is 2.56. The molecule has 0 radical (unpaired) electrons. The highest BCUT2D eigenvalue weighted by Gasteiger charge is 2.22. The average molecular weight is 316 g/mol. The van der Waals surface area contributed by atoms with Crippen LogP contribution in [0, 0.1) is 5.82 Å². The van der Waals surface area contributed by atoms with Crippen molar-refractivity contribution in [2.75, 3.05) is 19.0 Å². The van der Waals surface area contributed by atoms with Crippen molar-refractivity contribution in [1.82, 2.24) is 5.32 Å². The van der Waals surface area contributed by atoms with E-state index in [1.165, 1.54) is 19.2 Å². The molecule has 1 atom stereocenters. The molecule has 23 heavy (non-hydrogen) atoms. The van der Waals surface area contributed by atoms with Gasteiger partial charge in [0.1, 0.15) is 5.75 Å². The molecule has 2 aromatic rings. The quantitative estimate of drug-likeness (QED) is 0.911. The molecule has 0 spiro atoms. The van der Waals surface area contributed by atoms with E-state index in [4.69, 9.17) is 9.47 Å². The van der Waals surface area contributed by atoms with Crippen LogP contribution in [0.25, 0.3) is 0 Å². The van der Waals surface area contributed by atoms with E-state index in [1.807, 2.05) is 24.3 Å². The number of urea groups is 1. The summed E-state index contributed by atoms with van der Waals surface area (Å²) in [5.41, 5.74) is 1.30. The lowest BCUT2D eigenvalue weighted by Gasteiger charge is -2.26. The summed E-state index contributed by atoms with van der Waals surface area (Å²) < 4.78 is 24.1. The predicted molar refractivity (Wildman–Crippen MR) is 84.4 cm³/mol. The summed E-state index contributed by atoms with van der Waals surface area (Å²) in [7, 11) is 1.39. The van der Waals surface area contributed by atoms with Gasteiger partial charge in [0.2, 0.25) is 0 Å². The van der Waals surface area contributed by atoms with Crippen LogP contribution in [-0.4, -0.2) is 19.7 Å². The van der Waals surface area contributed by atoms with Crippen molar-refractivity contribution < 1.29 is 18.7 Å². The van der Waals surface area contributed by atoms with Crippen LogP contribution in [-0.2, 0) is 0 Å². The van der Waals surface area contributed by atoms with Gasteiger partial charge in [-0.15, -0.1) is 0 Å². The number of ether oxygens (including phenoxy) is 2. The van der Waals surface area contributed by atoms with Gasteiger partial charge in [0.05, 0.1) is 19.8 Å². The maximum Gasteiger partial charge on any atom is 0.319 e. The molecule has 120 valence electrons. The molecular weight excluding hydrogens is 299 g/mol. The molecule has 2 N–H and O–H groups in total. The van der Waals surface area contributed by atoms with Gasteiger partial charge >= 0.3 is 6.03 Å². The van der Waals surface area contributed by atoms with Gasteiger partial charge in [-0.1, -0.05) is 18.2 Å². The Balaban J connectivity index is 1.67. The summed E-state index contributed by atoms with van der Waals surface area (Å²) in [6, 6.07) is 11.3. The molecular formula is C17H17FN2O3. The lowest BCUT2D eigenvalue weighted by Crippen LogP contribution is -2.35. The second-order valence-electron chi connectivity index (χ2n) is 5.18. The minimum absolute atomic E-state index is 0.134. The van der Waals surface area contributed by atoms with Gasteiger partial charge in [-0.05, 0) is 18.2 Å². The first-order valence-corrected chi connectivity index (χ1v) is 7.30. The normalized spacial score (nSPS) is 16.0. The van der Waals surface area contributed by atoms with Crippen LogP contribution in [0.3, 0.4) is 0 Å². The number of benzene rings is 2. The van der Waals surface area contributed by atoms with Crippen LogP contribution in [0.4, 0.5) is 14.9 Å². The summed E-state index contributed by atoms with van der Waals surface area (Å²) in [6.45, 7) is 0.541. The van der Waals surface area contributed by atoms with Crippen molar-refractivity contribution in [2.24, 2.45) is 0 Å². The minimum Gasteiger partial charge on any atom is -0.494 e. The number of fused-ring (bicyclic) bond motifs is 1. The van der Waals surface area contributed by atoms with E-state index in [2.05, 4.69) is 10.6 Å². The van der Waals surface area contributed by atoms with Crippen LogP contribution in [0.15, 0.2) is 42.5 Å². The Morgan fingerprint density at radius 2 is 2.13 bits per heavy atom. The third-order valence-electron chi connectivity index (χ3n) is 3.67. The highest BCUT2D eigenvalue weighted by Crippen LogP contribution is 2.31. The molecule has 0 unspecified atom stereocenters. The number of hydrogen-bond donors (Lipinski definition) is 2. The van der Waals surface area contributed by atoms with Crippen LogP contribution >= 0.6 is 0 Å². The number of carbonyl (C=O) groups excluding carboxylic acids is 1. The molecule has 1 heterocycles. The first-order valence-electron chi connectivity index (χ1n) is 7.30. The Morgan fingerprint density at radius 1 is 1.30 bits per heavy atom. The fourth-order valence-corrected chi connectivity index (χ4v) is 2.56. The lowest BCUT2D eigenvalue weighted by atomic mass is 10.0. The van der Waals surface area contributed by atoms with E-state index in [0.717, 1.165) is 11.3 Å². The van der Waals surface area contributed by atoms with Crippen molar-refractivity contribution in [3.8, 4) is 11.5 Å². The minimum atomic E-state index is -0.526. The van der Waals surface area contributed by atoms with Gasteiger partial charge in [-0.25, -0.2) is 9.18 Å². The number of rotatable bonds is 3. The second kappa shape index (κ2) is 6.56. The van der Waals surface area contributed by atoms with Crippen LogP contribution in [0.5, 0.6) is 11.5 Å². The molecule has 3 rings (SSSR count). The first kappa shape index (κ1) is 15.1. The lowest BCUT2D eigenvalue weighted by molar-refractivity contribution is 0.232. The third-order valence-corrected chi connectivity index (χ3v) is 3.67. The zero-order valence-corrected chi connectivity index (χ0v) is 12.6. The summed E-state index contributed by atoms with van der Waals surface area (Å²) in [5.74, 6) is 0.385. The monoisotopic (exact) mass is 316 g/mol. The summed E-state index contributed by atoms with van der Waals surface area (Å²) in [4.78, 5) is 12.1. The zero-order valence-electron chi connectivity index (χ0n) is 12.6. The number of methoxy groups -OCH3 is 1. The maximum absolute atomic E-state index is 13.6. The highest BCUT2D eigenvalue weighted by atomic mass is 19.1. The first-order chi connectivity index (χ1) is 11.2. The fraction of sp³-hybridized carbons (Fsp3) is 0.235. The zero-order chi connectivity index (χ0) is 16.2. The van der Waals surface area contributed by atoms with E-state index < -0.39 is 11.8 Å². The van der Waals surface area contributed by atoms with Gasteiger partial charge in [0.25, 0.3) is 0 Å². The maximum atomic E-state index is 13.6. The molecule has 0 saturated heterocycles. The Hall–Kier alpha value is -2.76. The molecule has 0 fully saturated rings. The molecule has 2 aromatic carbocycles.